The molecule has 0 bridgehead atoms. The van der Waals surface area contributed by atoms with E-state index in [2.05, 4.69) is 4.98 Å². The van der Waals surface area contributed by atoms with E-state index in [0.29, 0.717) is 12.8 Å². The van der Waals surface area contributed by atoms with E-state index < -0.39 is 17.8 Å². The van der Waals surface area contributed by atoms with E-state index in [-0.39, 0.29) is 11.7 Å². The molecule has 2 saturated carbocycles. The van der Waals surface area contributed by atoms with E-state index in [9.17, 15) is 13.6 Å². The molecule has 3 rings (SSSR count). The molecule has 3 nitrogen and oxygen atoms in total. The second-order valence-corrected chi connectivity index (χ2v) is 4.19. The molecule has 2 aliphatic carbocycles. The molecule has 1 aromatic rings. The first-order chi connectivity index (χ1) is 6.60. The number of H-pyrrole nitrogens is 1. The lowest BCUT2D eigenvalue weighted by Gasteiger charge is -2.14. The summed E-state index contributed by atoms with van der Waals surface area (Å²) in [5.74, 6) is -3.40. The van der Waals surface area contributed by atoms with Gasteiger partial charge >= 0.3 is 5.69 Å². The number of nitrogens with zero attached hydrogens (tertiary/aromatic N) is 1. The van der Waals surface area contributed by atoms with Crippen LogP contribution in [0.15, 0.2) is 17.2 Å². The summed E-state index contributed by atoms with van der Waals surface area (Å²) >= 11 is 0. The molecule has 1 N–H and O–H groups in total. The van der Waals surface area contributed by atoms with E-state index in [1.54, 1.807) is 12.4 Å². The van der Waals surface area contributed by atoms with Crippen molar-refractivity contribution >= 4 is 0 Å². The second-order valence-electron chi connectivity index (χ2n) is 4.19. The van der Waals surface area contributed by atoms with Crippen LogP contribution >= 0.6 is 0 Å². The molecule has 5 heteroatoms. The first kappa shape index (κ1) is 8.20. The van der Waals surface area contributed by atoms with Gasteiger partial charge < -0.3 is 4.98 Å². The molecule has 2 fully saturated rings. The molecule has 0 amide bonds. The summed E-state index contributed by atoms with van der Waals surface area (Å²) in [5, 5.41) is 0. The van der Waals surface area contributed by atoms with Crippen LogP contribution in [0.4, 0.5) is 8.78 Å². The monoisotopic (exact) mass is 200 g/mol. The molecular formula is C9H10F2N2O. The van der Waals surface area contributed by atoms with Crippen molar-refractivity contribution in [2.45, 2.75) is 24.8 Å². The van der Waals surface area contributed by atoms with E-state index in [4.69, 9.17) is 0 Å². The molecule has 2 atom stereocenters. The Kier molecular flexibility index (Phi) is 1.33. The van der Waals surface area contributed by atoms with Crippen LogP contribution in [0.1, 0.15) is 18.9 Å². The normalized spacial score (nSPS) is 38.3. The van der Waals surface area contributed by atoms with Crippen LogP contribution in [0.5, 0.6) is 0 Å². The van der Waals surface area contributed by atoms with Crippen molar-refractivity contribution in [1.82, 2.24) is 9.55 Å². The molecule has 76 valence electrons. The maximum atomic E-state index is 12.9. The predicted octanol–water partition coefficient (Wildman–Crippen LogP) is 1.39. The van der Waals surface area contributed by atoms with E-state index in [1.165, 1.54) is 4.57 Å². The minimum absolute atomic E-state index is 0.0247. The Balaban J connectivity index is 1.82. The Morgan fingerprint density at radius 1 is 1.43 bits per heavy atom. The number of hydrogen-bond acceptors (Lipinski definition) is 1. The fraction of sp³-hybridized carbons (Fsp3) is 0.667. The fourth-order valence-corrected chi connectivity index (χ4v) is 2.63. The summed E-state index contributed by atoms with van der Waals surface area (Å²) in [6.45, 7) is 0. The zero-order valence-corrected chi connectivity index (χ0v) is 7.41. The van der Waals surface area contributed by atoms with E-state index in [0.717, 1.165) is 0 Å². The van der Waals surface area contributed by atoms with Crippen molar-refractivity contribution in [3.05, 3.63) is 22.9 Å². The molecule has 0 spiro atoms. The number of halogens is 2. The van der Waals surface area contributed by atoms with Gasteiger partial charge in [-0.1, -0.05) is 0 Å². The molecule has 0 radical (unpaired) electrons. The van der Waals surface area contributed by atoms with Gasteiger partial charge in [0.05, 0.1) is 0 Å². The summed E-state index contributed by atoms with van der Waals surface area (Å²) in [5.41, 5.74) is -0.195. The lowest BCUT2D eigenvalue weighted by Crippen LogP contribution is -2.22. The Hall–Kier alpha value is -1.13. The fourth-order valence-electron chi connectivity index (χ4n) is 2.63. The third kappa shape index (κ3) is 0.871. The minimum Gasteiger partial charge on any atom is -0.313 e. The molecule has 1 aromatic heterocycles. The highest BCUT2D eigenvalue weighted by Gasteiger charge is 2.71. The van der Waals surface area contributed by atoms with Gasteiger partial charge in [-0.2, -0.15) is 0 Å². The van der Waals surface area contributed by atoms with Gasteiger partial charge in [-0.05, 0) is 12.8 Å². The molecule has 0 saturated heterocycles. The molecule has 0 aromatic carbocycles. The highest BCUT2D eigenvalue weighted by molar-refractivity contribution is 5.12. The molecule has 1 heterocycles. The summed E-state index contributed by atoms with van der Waals surface area (Å²) in [4.78, 5) is 13.7. The predicted molar refractivity (Wildman–Crippen MR) is 45.3 cm³/mol. The average molecular weight is 200 g/mol. The largest absolute Gasteiger partial charge is 0.325 e. The number of fused-ring (bicyclic) bond motifs is 1. The van der Waals surface area contributed by atoms with Crippen LogP contribution in [-0.2, 0) is 0 Å². The average Bonchev–Trinajstić information content (AvgIpc) is 2.61. The van der Waals surface area contributed by atoms with Gasteiger partial charge in [0.1, 0.15) is 0 Å². The zero-order chi connectivity index (χ0) is 9.92. The minimum atomic E-state index is -2.45. The maximum Gasteiger partial charge on any atom is 0.325 e. The first-order valence-electron chi connectivity index (χ1n) is 4.74. The van der Waals surface area contributed by atoms with E-state index >= 15 is 0 Å². The molecule has 0 aliphatic heterocycles. The van der Waals surface area contributed by atoms with Crippen molar-refractivity contribution in [3.63, 3.8) is 0 Å². The molecular weight excluding hydrogens is 190 g/mol. The Bertz CT molecular complexity index is 408. The lowest BCUT2D eigenvalue weighted by atomic mass is 10.1. The number of hydrogen-bond donors (Lipinski definition) is 1. The lowest BCUT2D eigenvalue weighted by molar-refractivity contribution is 0.0645. The Morgan fingerprint density at radius 2 is 2.07 bits per heavy atom. The summed E-state index contributed by atoms with van der Waals surface area (Å²) < 4.78 is 27.3. The molecule has 2 unspecified atom stereocenters. The van der Waals surface area contributed by atoms with E-state index in [1.807, 2.05) is 0 Å². The zero-order valence-electron chi connectivity index (χ0n) is 7.41. The third-order valence-corrected chi connectivity index (χ3v) is 3.49. The van der Waals surface area contributed by atoms with Gasteiger partial charge in [0.15, 0.2) is 0 Å². The third-order valence-electron chi connectivity index (χ3n) is 3.49. The van der Waals surface area contributed by atoms with Gasteiger partial charge in [-0.15, -0.1) is 0 Å². The van der Waals surface area contributed by atoms with Crippen molar-refractivity contribution < 1.29 is 8.78 Å². The second kappa shape index (κ2) is 2.27. The van der Waals surface area contributed by atoms with Crippen molar-refractivity contribution in [2.24, 2.45) is 11.8 Å². The van der Waals surface area contributed by atoms with Gasteiger partial charge in [-0.3, -0.25) is 4.57 Å². The van der Waals surface area contributed by atoms with Gasteiger partial charge in [0.25, 0.3) is 5.92 Å². The van der Waals surface area contributed by atoms with Crippen LogP contribution in [-0.4, -0.2) is 15.5 Å². The Labute approximate surface area is 78.7 Å². The van der Waals surface area contributed by atoms with Crippen molar-refractivity contribution in [2.75, 3.05) is 0 Å². The number of nitrogens with one attached hydrogen (secondary N) is 1. The first-order valence-corrected chi connectivity index (χ1v) is 4.74. The maximum absolute atomic E-state index is 12.9. The number of aromatic amines is 1. The molecule has 2 aliphatic rings. The summed E-state index contributed by atoms with van der Waals surface area (Å²) in [7, 11) is 0. The van der Waals surface area contributed by atoms with Gasteiger partial charge in [0.2, 0.25) is 0 Å². The van der Waals surface area contributed by atoms with Crippen molar-refractivity contribution in [3.8, 4) is 0 Å². The van der Waals surface area contributed by atoms with Crippen LogP contribution in [0.2, 0.25) is 0 Å². The Morgan fingerprint density at radius 3 is 2.57 bits per heavy atom. The highest BCUT2D eigenvalue weighted by atomic mass is 19.3. The smallest absolute Gasteiger partial charge is 0.313 e. The quantitative estimate of drug-likeness (QED) is 0.730. The summed E-state index contributed by atoms with van der Waals surface area (Å²) in [6.07, 6.45) is 4.06. The number of aromatic nitrogens is 2. The van der Waals surface area contributed by atoms with Crippen LogP contribution in [0.3, 0.4) is 0 Å². The number of alkyl halides is 2. The topological polar surface area (TPSA) is 37.8 Å². The van der Waals surface area contributed by atoms with Gasteiger partial charge in [0, 0.05) is 30.3 Å². The molecule has 14 heavy (non-hydrogen) atoms. The highest BCUT2D eigenvalue weighted by Crippen LogP contribution is 2.66. The number of imidazole rings is 1. The SMILES string of the molecule is O=c1[nH]ccn1C1CC2C(C1)C2(F)F. The van der Waals surface area contributed by atoms with Crippen LogP contribution in [0.25, 0.3) is 0 Å². The van der Waals surface area contributed by atoms with Crippen LogP contribution < -0.4 is 5.69 Å². The standard InChI is InChI=1S/C9H10F2N2O/c10-9(11)6-3-5(4-7(6)9)13-2-1-12-8(13)14/h1-2,5-7H,3-4H2,(H,12,14). The van der Waals surface area contributed by atoms with Crippen molar-refractivity contribution in [1.29, 1.82) is 0 Å². The number of rotatable bonds is 1. The van der Waals surface area contributed by atoms with Gasteiger partial charge in [-0.25, -0.2) is 13.6 Å². The van der Waals surface area contributed by atoms with Crippen LogP contribution in [0, 0.1) is 11.8 Å². The summed E-state index contributed by atoms with van der Waals surface area (Å²) in [6, 6.07) is -0.0247.